The van der Waals surface area contributed by atoms with Crippen LogP contribution >= 0.6 is 11.6 Å². The molecule has 22 heavy (non-hydrogen) atoms. The van der Waals surface area contributed by atoms with Crippen LogP contribution in [0.15, 0.2) is 24.3 Å². The third-order valence-corrected chi connectivity index (χ3v) is 4.55. The van der Waals surface area contributed by atoms with Gasteiger partial charge in [-0.25, -0.2) is 0 Å². The van der Waals surface area contributed by atoms with Crippen LogP contribution in [0.25, 0.3) is 0 Å². The first kappa shape index (κ1) is 17.3. The maximum absolute atomic E-state index is 12.1. The Hall–Kier alpha value is -1.06. The molecule has 122 valence electrons. The van der Waals surface area contributed by atoms with Crippen molar-refractivity contribution in [2.75, 3.05) is 19.6 Å². The summed E-state index contributed by atoms with van der Waals surface area (Å²) in [5, 5.41) is 3.86. The Labute approximate surface area is 139 Å². The molecule has 4 heteroatoms. The first-order valence-corrected chi connectivity index (χ1v) is 8.67. The number of benzene rings is 1. The summed E-state index contributed by atoms with van der Waals surface area (Å²) in [5.74, 6) is 1.07. The lowest BCUT2D eigenvalue weighted by Gasteiger charge is -2.31. The average Bonchev–Trinajstić information content (AvgIpc) is 2.50. The van der Waals surface area contributed by atoms with Gasteiger partial charge in [0.05, 0.1) is 0 Å². The zero-order chi connectivity index (χ0) is 15.9. The Bertz CT molecular complexity index is 464. The van der Waals surface area contributed by atoms with Crippen LogP contribution in [0.5, 0.6) is 0 Å². The fourth-order valence-corrected chi connectivity index (χ4v) is 2.96. The first-order valence-electron chi connectivity index (χ1n) is 8.29. The van der Waals surface area contributed by atoms with Crippen molar-refractivity contribution in [1.82, 2.24) is 10.2 Å². The average molecular weight is 323 g/mol. The van der Waals surface area contributed by atoms with Crippen LogP contribution in [0.1, 0.15) is 38.7 Å². The van der Waals surface area contributed by atoms with Crippen molar-refractivity contribution < 1.29 is 4.79 Å². The number of hydrogen-bond acceptors (Lipinski definition) is 2. The van der Waals surface area contributed by atoms with Crippen LogP contribution in [0, 0.1) is 11.8 Å². The molecule has 0 unspecified atom stereocenters. The molecular weight excluding hydrogens is 296 g/mol. The summed E-state index contributed by atoms with van der Waals surface area (Å²) in [5.41, 5.74) is 1.28. The van der Waals surface area contributed by atoms with E-state index in [2.05, 4.69) is 36.2 Å². The van der Waals surface area contributed by atoms with Crippen LogP contribution in [-0.2, 0) is 11.3 Å². The van der Waals surface area contributed by atoms with Crippen LogP contribution in [0.2, 0.25) is 5.02 Å². The van der Waals surface area contributed by atoms with Gasteiger partial charge in [-0.3, -0.25) is 9.69 Å². The van der Waals surface area contributed by atoms with E-state index in [-0.39, 0.29) is 11.8 Å². The van der Waals surface area contributed by atoms with E-state index in [0.717, 1.165) is 50.5 Å². The number of amides is 1. The number of likely N-dealkylation sites (tertiary alicyclic amines) is 1. The lowest BCUT2D eigenvalue weighted by atomic mass is 9.95. The normalized spacial score (nSPS) is 16.9. The lowest BCUT2D eigenvalue weighted by molar-refractivity contribution is -0.126. The predicted octanol–water partition coefficient (Wildman–Crippen LogP) is 3.71. The fourth-order valence-electron chi connectivity index (χ4n) is 2.83. The van der Waals surface area contributed by atoms with Crippen LogP contribution < -0.4 is 5.32 Å². The van der Waals surface area contributed by atoms with E-state index in [1.54, 1.807) is 0 Å². The number of halogens is 1. The summed E-state index contributed by atoms with van der Waals surface area (Å²) in [7, 11) is 0. The molecule has 0 bridgehead atoms. The maximum Gasteiger partial charge on any atom is 0.223 e. The Kier molecular flexibility index (Phi) is 6.71. The molecule has 1 aromatic carbocycles. The molecule has 1 heterocycles. The van der Waals surface area contributed by atoms with Gasteiger partial charge in [-0.1, -0.05) is 37.6 Å². The van der Waals surface area contributed by atoms with Gasteiger partial charge in [0.15, 0.2) is 0 Å². The third kappa shape index (κ3) is 5.62. The second kappa shape index (κ2) is 8.54. The molecular formula is C18H27ClN2O. The van der Waals surface area contributed by atoms with E-state index in [1.165, 1.54) is 5.56 Å². The number of nitrogens with zero attached hydrogens (tertiary/aromatic N) is 1. The number of nitrogens with one attached hydrogen (secondary N) is 1. The SMILES string of the molecule is CC(C)CCNC(=O)C1CCN(Cc2ccc(Cl)cc2)CC1. The van der Waals surface area contributed by atoms with Crippen molar-refractivity contribution in [3.63, 3.8) is 0 Å². The highest BCUT2D eigenvalue weighted by molar-refractivity contribution is 6.30. The molecule has 1 aliphatic heterocycles. The summed E-state index contributed by atoms with van der Waals surface area (Å²) in [4.78, 5) is 14.6. The van der Waals surface area contributed by atoms with E-state index < -0.39 is 0 Å². The van der Waals surface area contributed by atoms with Crippen molar-refractivity contribution in [3.8, 4) is 0 Å². The zero-order valence-electron chi connectivity index (χ0n) is 13.6. The largest absolute Gasteiger partial charge is 0.356 e. The molecule has 1 amide bonds. The highest BCUT2D eigenvalue weighted by Crippen LogP contribution is 2.20. The Morgan fingerprint density at radius 1 is 1.27 bits per heavy atom. The van der Waals surface area contributed by atoms with Crippen molar-refractivity contribution in [1.29, 1.82) is 0 Å². The van der Waals surface area contributed by atoms with E-state index in [4.69, 9.17) is 11.6 Å². The van der Waals surface area contributed by atoms with E-state index >= 15 is 0 Å². The highest BCUT2D eigenvalue weighted by atomic mass is 35.5. The van der Waals surface area contributed by atoms with Crippen LogP contribution in [0.4, 0.5) is 0 Å². The summed E-state index contributed by atoms with van der Waals surface area (Å²) >= 11 is 5.91. The smallest absolute Gasteiger partial charge is 0.223 e. The van der Waals surface area contributed by atoms with Gasteiger partial charge in [-0.05, 0) is 56.0 Å². The quantitative estimate of drug-likeness (QED) is 0.865. The van der Waals surface area contributed by atoms with E-state index in [1.807, 2.05) is 12.1 Å². The Morgan fingerprint density at radius 2 is 1.91 bits per heavy atom. The molecule has 1 fully saturated rings. The van der Waals surface area contributed by atoms with Crippen molar-refractivity contribution in [2.45, 2.75) is 39.7 Å². The second-order valence-corrected chi connectivity index (χ2v) is 7.09. The van der Waals surface area contributed by atoms with Gasteiger partial charge >= 0.3 is 0 Å². The number of carbonyl (C=O) groups is 1. The molecule has 2 rings (SSSR count). The van der Waals surface area contributed by atoms with Crippen molar-refractivity contribution >= 4 is 17.5 Å². The summed E-state index contributed by atoms with van der Waals surface area (Å²) in [6.07, 6.45) is 2.98. The van der Waals surface area contributed by atoms with Crippen molar-refractivity contribution in [3.05, 3.63) is 34.9 Å². The maximum atomic E-state index is 12.1. The number of hydrogen-bond donors (Lipinski definition) is 1. The minimum Gasteiger partial charge on any atom is -0.356 e. The van der Waals surface area contributed by atoms with Gasteiger partial charge in [0.1, 0.15) is 0 Å². The Balaban J connectivity index is 1.71. The minimum atomic E-state index is 0.189. The molecule has 1 saturated heterocycles. The third-order valence-electron chi connectivity index (χ3n) is 4.30. The molecule has 1 aromatic rings. The van der Waals surface area contributed by atoms with Gasteiger partial charge in [-0.2, -0.15) is 0 Å². The highest BCUT2D eigenvalue weighted by Gasteiger charge is 2.24. The fraction of sp³-hybridized carbons (Fsp3) is 0.611. The molecule has 0 aliphatic carbocycles. The zero-order valence-corrected chi connectivity index (χ0v) is 14.4. The van der Waals surface area contributed by atoms with Gasteiger partial charge in [0.2, 0.25) is 5.91 Å². The van der Waals surface area contributed by atoms with Gasteiger partial charge < -0.3 is 5.32 Å². The second-order valence-electron chi connectivity index (χ2n) is 6.65. The first-order chi connectivity index (χ1) is 10.5. The summed E-state index contributed by atoms with van der Waals surface area (Å²) < 4.78 is 0. The van der Waals surface area contributed by atoms with Gasteiger partial charge in [-0.15, -0.1) is 0 Å². The molecule has 0 spiro atoms. The predicted molar refractivity (Wildman–Crippen MR) is 91.9 cm³/mol. The molecule has 0 atom stereocenters. The Morgan fingerprint density at radius 3 is 2.50 bits per heavy atom. The lowest BCUT2D eigenvalue weighted by Crippen LogP contribution is -2.40. The molecule has 0 saturated carbocycles. The molecule has 3 nitrogen and oxygen atoms in total. The number of piperidine rings is 1. The van der Waals surface area contributed by atoms with E-state index in [9.17, 15) is 4.79 Å². The standard InChI is InChI=1S/C18H27ClN2O/c1-14(2)7-10-20-18(22)16-8-11-21(12-9-16)13-15-3-5-17(19)6-4-15/h3-6,14,16H,7-13H2,1-2H3,(H,20,22). The summed E-state index contributed by atoms with van der Waals surface area (Å²) in [6.45, 7) is 8.10. The van der Waals surface area contributed by atoms with E-state index in [0.29, 0.717) is 5.92 Å². The number of carbonyl (C=O) groups excluding carboxylic acids is 1. The topological polar surface area (TPSA) is 32.3 Å². The molecule has 0 aromatic heterocycles. The molecule has 0 radical (unpaired) electrons. The molecule has 1 N–H and O–H groups in total. The van der Waals surface area contributed by atoms with Gasteiger partial charge in [0.25, 0.3) is 0 Å². The minimum absolute atomic E-state index is 0.189. The van der Waals surface area contributed by atoms with Crippen molar-refractivity contribution in [2.24, 2.45) is 11.8 Å². The summed E-state index contributed by atoms with van der Waals surface area (Å²) in [6, 6.07) is 8.03. The van der Waals surface area contributed by atoms with Crippen LogP contribution in [-0.4, -0.2) is 30.4 Å². The molecule has 1 aliphatic rings. The number of rotatable bonds is 6. The van der Waals surface area contributed by atoms with Gasteiger partial charge in [0, 0.05) is 24.0 Å². The van der Waals surface area contributed by atoms with Crippen LogP contribution in [0.3, 0.4) is 0 Å². The monoisotopic (exact) mass is 322 g/mol.